The van der Waals surface area contributed by atoms with Gasteiger partial charge in [-0.2, -0.15) is 0 Å². The van der Waals surface area contributed by atoms with Gasteiger partial charge in [0.1, 0.15) is 6.54 Å². The predicted octanol–water partition coefficient (Wildman–Crippen LogP) is -0.0152. The van der Waals surface area contributed by atoms with E-state index in [9.17, 15) is 9.59 Å². The number of amides is 1. The molecule has 1 amide bonds. The molecule has 0 aromatic rings. The number of nitrogens with one attached hydrogen (secondary N) is 1. The maximum absolute atomic E-state index is 10.6. The number of hydrogen-bond donors (Lipinski definition) is 2. The first-order chi connectivity index (χ1) is 4.66. The van der Waals surface area contributed by atoms with Gasteiger partial charge in [-0.3, -0.25) is 9.59 Å². The van der Waals surface area contributed by atoms with Gasteiger partial charge in [-0.1, -0.05) is 6.92 Å². The molecule has 0 saturated carbocycles. The van der Waals surface area contributed by atoms with Crippen molar-refractivity contribution in [2.24, 2.45) is 0 Å². The molecule has 4 nitrogen and oxygen atoms in total. The monoisotopic (exact) mass is 209 g/mol. The van der Waals surface area contributed by atoms with E-state index in [1.165, 1.54) is 0 Å². The van der Waals surface area contributed by atoms with Crippen molar-refractivity contribution in [1.29, 1.82) is 0 Å². The van der Waals surface area contributed by atoms with Gasteiger partial charge in [0.2, 0.25) is 5.91 Å². The molecule has 5 heteroatoms. The van der Waals surface area contributed by atoms with Crippen LogP contribution < -0.4 is 5.32 Å². The van der Waals surface area contributed by atoms with E-state index in [-0.39, 0.29) is 31.9 Å². The van der Waals surface area contributed by atoms with Gasteiger partial charge in [-0.05, 0) is 6.42 Å². The Balaban J connectivity index is 0. The third-order valence-corrected chi connectivity index (χ3v) is 0.914. The minimum absolute atomic E-state index is 0. The molecule has 0 heterocycles. The van der Waals surface area contributed by atoms with Crippen molar-refractivity contribution in [3.63, 3.8) is 0 Å². The zero-order valence-corrected chi connectivity index (χ0v) is 9.56. The van der Waals surface area contributed by atoms with E-state index in [0.717, 1.165) is 6.42 Å². The summed E-state index contributed by atoms with van der Waals surface area (Å²) in [7, 11) is 0. The fourth-order valence-electron chi connectivity index (χ4n) is 0.490. The number of carbonyl (C=O) groups excluding carboxylic acids is 1. The molecule has 11 heavy (non-hydrogen) atoms. The summed E-state index contributed by atoms with van der Waals surface area (Å²) in [6.45, 7) is 1.58. The van der Waals surface area contributed by atoms with Crippen molar-refractivity contribution in [2.45, 2.75) is 19.8 Å². The fourth-order valence-corrected chi connectivity index (χ4v) is 0.490. The number of carbonyl (C=O) groups is 2. The van der Waals surface area contributed by atoms with E-state index >= 15 is 0 Å². The molecule has 0 aliphatic heterocycles. The largest absolute Gasteiger partial charge is 0.480 e. The van der Waals surface area contributed by atoms with Crippen molar-refractivity contribution in [1.82, 2.24) is 5.32 Å². The van der Waals surface area contributed by atoms with Gasteiger partial charge in [-0.25, -0.2) is 0 Å². The molecule has 0 fully saturated rings. The minimum atomic E-state index is -1.01. The molecule has 0 bridgehead atoms. The Morgan fingerprint density at radius 2 is 2.00 bits per heavy atom. The Kier molecular flexibility index (Phi) is 9.18. The van der Waals surface area contributed by atoms with Crippen molar-refractivity contribution < 1.29 is 34.2 Å². The average molecular weight is 211 g/mol. The smallest absolute Gasteiger partial charge is 0.322 e. The average Bonchev–Trinajstić information content (AvgIpc) is 1.85. The quantitative estimate of drug-likeness (QED) is 0.641. The predicted molar refractivity (Wildman–Crippen MR) is 35.6 cm³/mol. The van der Waals surface area contributed by atoms with Crippen LogP contribution in [0.1, 0.15) is 19.8 Å². The van der Waals surface area contributed by atoms with Gasteiger partial charge in [-0.15, -0.1) is 0 Å². The SMILES string of the molecule is CCCC(=O)NCC(=O)O.[Zn]. The van der Waals surface area contributed by atoms with E-state index < -0.39 is 5.97 Å². The molecule has 0 atom stereocenters. The number of rotatable bonds is 4. The number of hydrogen-bond acceptors (Lipinski definition) is 2. The van der Waals surface area contributed by atoms with Crippen LogP contribution in [0, 0.1) is 0 Å². The van der Waals surface area contributed by atoms with E-state index in [1.807, 2.05) is 6.92 Å². The fraction of sp³-hybridized carbons (Fsp3) is 0.667. The third kappa shape index (κ3) is 9.56. The van der Waals surface area contributed by atoms with Gasteiger partial charge >= 0.3 is 5.97 Å². The molecule has 0 aliphatic carbocycles. The Labute approximate surface area is 78.1 Å². The Morgan fingerprint density at radius 3 is 2.36 bits per heavy atom. The van der Waals surface area contributed by atoms with E-state index in [4.69, 9.17) is 5.11 Å². The molecular formula is C6H11NO3Zn. The second kappa shape index (κ2) is 7.67. The van der Waals surface area contributed by atoms with Crippen molar-refractivity contribution in [2.75, 3.05) is 6.54 Å². The molecule has 0 aromatic carbocycles. The third-order valence-electron chi connectivity index (χ3n) is 0.914. The van der Waals surface area contributed by atoms with Crippen LogP contribution in [0.15, 0.2) is 0 Å². The minimum Gasteiger partial charge on any atom is -0.480 e. The topological polar surface area (TPSA) is 66.4 Å². The summed E-state index contributed by atoms with van der Waals surface area (Å²) < 4.78 is 0. The summed E-state index contributed by atoms with van der Waals surface area (Å²) >= 11 is 0. The normalized spacial score (nSPS) is 8.09. The molecular weight excluding hydrogens is 199 g/mol. The Morgan fingerprint density at radius 1 is 1.45 bits per heavy atom. The molecule has 0 spiro atoms. The van der Waals surface area contributed by atoms with Crippen molar-refractivity contribution >= 4 is 11.9 Å². The molecule has 0 aromatic heterocycles. The van der Waals surface area contributed by atoms with E-state index in [0.29, 0.717) is 6.42 Å². The molecule has 60 valence electrons. The van der Waals surface area contributed by atoms with Crippen LogP contribution >= 0.6 is 0 Å². The zero-order chi connectivity index (χ0) is 7.98. The molecule has 0 aliphatic rings. The molecule has 0 radical (unpaired) electrons. The summed E-state index contributed by atoms with van der Waals surface area (Å²) in [6, 6.07) is 0. The molecule has 0 saturated heterocycles. The summed E-state index contributed by atoms with van der Waals surface area (Å²) in [4.78, 5) is 20.5. The van der Waals surface area contributed by atoms with Gasteiger partial charge in [0.15, 0.2) is 0 Å². The van der Waals surface area contributed by atoms with E-state index in [1.54, 1.807) is 0 Å². The first-order valence-corrected chi connectivity index (χ1v) is 3.15. The van der Waals surface area contributed by atoms with Gasteiger partial charge < -0.3 is 10.4 Å². The maximum atomic E-state index is 10.6. The standard InChI is InChI=1S/C6H11NO3.Zn/c1-2-3-5(8)7-4-6(9)10;/h2-4H2,1H3,(H,7,8)(H,9,10);. The van der Waals surface area contributed by atoms with Crippen LogP contribution in [-0.4, -0.2) is 23.5 Å². The van der Waals surface area contributed by atoms with Crippen molar-refractivity contribution in [3.05, 3.63) is 0 Å². The molecule has 2 N–H and O–H groups in total. The Bertz CT molecular complexity index is 138. The summed E-state index contributed by atoms with van der Waals surface area (Å²) in [6.07, 6.45) is 1.14. The van der Waals surface area contributed by atoms with Crippen LogP contribution in [0.25, 0.3) is 0 Å². The van der Waals surface area contributed by atoms with Gasteiger partial charge in [0.05, 0.1) is 0 Å². The van der Waals surface area contributed by atoms with Crippen LogP contribution in [0.4, 0.5) is 0 Å². The van der Waals surface area contributed by atoms with Gasteiger partial charge in [0, 0.05) is 25.9 Å². The number of carboxylic acid groups (broad SMARTS) is 1. The van der Waals surface area contributed by atoms with Gasteiger partial charge in [0.25, 0.3) is 0 Å². The van der Waals surface area contributed by atoms with Crippen molar-refractivity contribution in [3.8, 4) is 0 Å². The second-order valence-corrected chi connectivity index (χ2v) is 1.92. The van der Waals surface area contributed by atoms with Crippen LogP contribution in [0.3, 0.4) is 0 Å². The number of aliphatic carboxylic acids is 1. The summed E-state index contributed by atoms with van der Waals surface area (Å²) in [5, 5.41) is 10.4. The summed E-state index contributed by atoms with van der Waals surface area (Å²) in [5.74, 6) is -1.21. The zero-order valence-electron chi connectivity index (χ0n) is 6.59. The van der Waals surface area contributed by atoms with Crippen LogP contribution in [0.5, 0.6) is 0 Å². The Hall–Kier alpha value is -0.437. The first kappa shape index (κ1) is 13.2. The van der Waals surface area contributed by atoms with Crippen LogP contribution in [0.2, 0.25) is 0 Å². The van der Waals surface area contributed by atoms with Crippen LogP contribution in [-0.2, 0) is 29.1 Å². The first-order valence-electron chi connectivity index (χ1n) is 3.15. The van der Waals surface area contributed by atoms with E-state index in [2.05, 4.69) is 5.32 Å². The molecule has 0 unspecified atom stereocenters. The second-order valence-electron chi connectivity index (χ2n) is 1.92. The maximum Gasteiger partial charge on any atom is 0.322 e. The number of carboxylic acids is 1. The molecule has 0 rings (SSSR count). The summed E-state index contributed by atoms with van der Waals surface area (Å²) in [5.41, 5.74) is 0.